The summed E-state index contributed by atoms with van der Waals surface area (Å²) in [6.45, 7) is 5.84. The topological polar surface area (TPSA) is 79.6 Å². The van der Waals surface area contributed by atoms with Gasteiger partial charge in [-0.3, -0.25) is 14.6 Å². The van der Waals surface area contributed by atoms with Gasteiger partial charge in [-0.25, -0.2) is 0 Å². The minimum absolute atomic E-state index is 0.0881. The van der Waals surface area contributed by atoms with Crippen LogP contribution in [0.25, 0.3) is 0 Å². The number of rotatable bonds is 6. The first-order chi connectivity index (χ1) is 10.5. The van der Waals surface area contributed by atoms with Gasteiger partial charge < -0.3 is 10.4 Å². The van der Waals surface area contributed by atoms with E-state index in [-0.39, 0.29) is 12.1 Å². The zero-order valence-corrected chi connectivity index (χ0v) is 13.3. The van der Waals surface area contributed by atoms with Crippen LogP contribution < -0.4 is 5.32 Å². The van der Waals surface area contributed by atoms with Gasteiger partial charge >= 0.3 is 5.97 Å². The Labute approximate surface area is 132 Å². The number of carbonyl (C=O) groups is 1. The van der Waals surface area contributed by atoms with Crippen molar-refractivity contribution < 1.29 is 9.90 Å². The highest BCUT2D eigenvalue weighted by Gasteiger charge is 2.48. The van der Waals surface area contributed by atoms with Crippen molar-refractivity contribution in [2.75, 3.05) is 32.7 Å². The lowest BCUT2D eigenvalue weighted by atomic mass is 9.82. The summed E-state index contributed by atoms with van der Waals surface area (Å²) >= 11 is 0. The molecule has 0 bridgehead atoms. The Hall–Kier alpha value is -1.16. The number of hydrogen-bond acceptors (Lipinski definition) is 5. The first-order valence-corrected chi connectivity index (χ1v) is 8.34. The van der Waals surface area contributed by atoms with Gasteiger partial charge in [-0.15, -0.1) is 0 Å². The van der Waals surface area contributed by atoms with Crippen LogP contribution in [-0.2, 0) is 4.79 Å². The highest BCUT2D eigenvalue weighted by atomic mass is 16.4. The number of nitriles is 1. The van der Waals surface area contributed by atoms with Crippen molar-refractivity contribution in [3.63, 3.8) is 0 Å². The number of piperidine rings is 1. The maximum Gasteiger partial charge on any atom is 0.317 e. The van der Waals surface area contributed by atoms with Crippen LogP contribution in [-0.4, -0.2) is 71.2 Å². The molecule has 0 radical (unpaired) electrons. The lowest BCUT2D eigenvalue weighted by Gasteiger charge is -2.56. The van der Waals surface area contributed by atoms with Crippen LogP contribution in [0.5, 0.6) is 0 Å². The van der Waals surface area contributed by atoms with Crippen molar-refractivity contribution in [1.82, 2.24) is 15.1 Å². The van der Waals surface area contributed by atoms with E-state index in [0.29, 0.717) is 25.6 Å². The van der Waals surface area contributed by atoms with Gasteiger partial charge in [0.1, 0.15) is 0 Å². The van der Waals surface area contributed by atoms with Crippen LogP contribution in [0.4, 0.5) is 0 Å². The molecule has 0 aromatic heterocycles. The summed E-state index contributed by atoms with van der Waals surface area (Å²) in [6, 6.07) is 3.64. The average molecular weight is 306 g/mol. The van der Waals surface area contributed by atoms with Crippen LogP contribution in [0.2, 0.25) is 0 Å². The Morgan fingerprint density at radius 2 is 2.05 bits per heavy atom. The third-order valence-corrected chi connectivity index (χ3v) is 5.53. The van der Waals surface area contributed by atoms with Gasteiger partial charge in [-0.2, -0.15) is 5.26 Å². The van der Waals surface area contributed by atoms with Crippen LogP contribution in [0, 0.1) is 17.2 Å². The second-order valence-electron chi connectivity index (χ2n) is 7.35. The van der Waals surface area contributed by atoms with Crippen LogP contribution in [0.3, 0.4) is 0 Å². The SMILES string of the molecule is C[C@@H]1C[C@H]1NC1CCN(C2(CC#N)CN(CC(=O)O)C2)CC1. The Balaban J connectivity index is 1.49. The number of aliphatic carboxylic acids is 1. The van der Waals surface area contributed by atoms with Gasteiger partial charge in [-0.05, 0) is 25.2 Å². The molecule has 1 aliphatic carbocycles. The molecule has 6 heteroatoms. The Kier molecular flexibility index (Phi) is 4.40. The van der Waals surface area contributed by atoms with E-state index in [2.05, 4.69) is 23.2 Å². The molecule has 1 saturated carbocycles. The lowest BCUT2D eigenvalue weighted by molar-refractivity contribution is -0.143. The molecule has 6 nitrogen and oxygen atoms in total. The molecule has 2 atom stereocenters. The number of carboxylic acids is 1. The molecule has 122 valence electrons. The first kappa shape index (κ1) is 15.7. The summed E-state index contributed by atoms with van der Waals surface area (Å²) in [7, 11) is 0. The fraction of sp³-hybridized carbons (Fsp3) is 0.875. The van der Waals surface area contributed by atoms with Crippen LogP contribution in [0.15, 0.2) is 0 Å². The van der Waals surface area contributed by atoms with Gasteiger partial charge in [0.15, 0.2) is 0 Å². The molecule has 3 fully saturated rings. The molecule has 22 heavy (non-hydrogen) atoms. The molecule has 2 aliphatic heterocycles. The van der Waals surface area contributed by atoms with Gasteiger partial charge in [0.25, 0.3) is 0 Å². The van der Waals surface area contributed by atoms with E-state index >= 15 is 0 Å². The highest BCUT2D eigenvalue weighted by molar-refractivity contribution is 5.69. The Morgan fingerprint density at radius 1 is 1.41 bits per heavy atom. The fourth-order valence-electron chi connectivity index (χ4n) is 4.04. The number of likely N-dealkylation sites (tertiary alicyclic amines) is 2. The number of hydrogen-bond donors (Lipinski definition) is 2. The van der Waals surface area contributed by atoms with Crippen molar-refractivity contribution in [3.8, 4) is 6.07 Å². The summed E-state index contributed by atoms with van der Waals surface area (Å²) in [5.41, 5.74) is -0.109. The molecule has 2 heterocycles. The molecule has 0 spiro atoms. The molecule has 0 aromatic carbocycles. The van der Waals surface area contributed by atoms with Gasteiger partial charge in [0.05, 0.1) is 24.6 Å². The predicted molar refractivity (Wildman–Crippen MR) is 82.3 cm³/mol. The standard InChI is InChI=1S/C16H26N4O2/c1-12-8-14(12)18-13-2-6-20(7-3-13)16(4-5-17)10-19(11-16)9-15(21)22/h12-14,18H,2-4,6-11H2,1H3,(H,21,22)/t12-,14-/m1/s1. The maximum atomic E-state index is 10.8. The fourth-order valence-corrected chi connectivity index (χ4v) is 4.04. The number of nitrogens with one attached hydrogen (secondary N) is 1. The van der Waals surface area contributed by atoms with Crippen LogP contribution in [0.1, 0.15) is 32.6 Å². The predicted octanol–water partition coefficient (Wildman–Crippen LogP) is 0.501. The number of nitrogens with zero attached hydrogens (tertiary/aromatic N) is 3. The molecular weight excluding hydrogens is 280 g/mol. The summed E-state index contributed by atoms with van der Waals surface area (Å²) in [6.07, 6.45) is 4.08. The summed E-state index contributed by atoms with van der Waals surface area (Å²) in [5.74, 6) is 0.0474. The third kappa shape index (κ3) is 3.27. The minimum atomic E-state index is -0.785. The van der Waals surface area contributed by atoms with Crippen LogP contribution >= 0.6 is 0 Å². The molecule has 0 amide bonds. The second kappa shape index (κ2) is 6.15. The van der Waals surface area contributed by atoms with E-state index in [1.807, 2.05) is 4.90 Å². The molecule has 2 saturated heterocycles. The summed E-state index contributed by atoms with van der Waals surface area (Å²) < 4.78 is 0. The van der Waals surface area contributed by atoms with E-state index in [9.17, 15) is 4.79 Å². The first-order valence-electron chi connectivity index (χ1n) is 8.34. The van der Waals surface area contributed by atoms with Crippen molar-refractivity contribution in [1.29, 1.82) is 5.26 Å². The third-order valence-electron chi connectivity index (χ3n) is 5.53. The van der Waals surface area contributed by atoms with E-state index in [0.717, 1.165) is 37.9 Å². The maximum absolute atomic E-state index is 10.8. The normalized spacial score (nSPS) is 32.2. The minimum Gasteiger partial charge on any atom is -0.480 e. The van der Waals surface area contributed by atoms with E-state index in [1.54, 1.807) is 0 Å². The highest BCUT2D eigenvalue weighted by Crippen LogP contribution is 2.35. The second-order valence-corrected chi connectivity index (χ2v) is 7.35. The molecule has 0 unspecified atom stereocenters. The lowest BCUT2D eigenvalue weighted by Crippen LogP contribution is -2.71. The zero-order valence-electron chi connectivity index (χ0n) is 13.3. The van der Waals surface area contributed by atoms with Crippen molar-refractivity contribution >= 4 is 5.97 Å². The quantitative estimate of drug-likeness (QED) is 0.744. The molecule has 0 aromatic rings. The van der Waals surface area contributed by atoms with Gasteiger partial charge in [0, 0.05) is 38.3 Å². The summed E-state index contributed by atoms with van der Waals surface area (Å²) in [5, 5.41) is 21.8. The summed E-state index contributed by atoms with van der Waals surface area (Å²) in [4.78, 5) is 15.2. The average Bonchev–Trinajstić information content (AvgIpc) is 3.12. The van der Waals surface area contributed by atoms with Crippen molar-refractivity contribution in [3.05, 3.63) is 0 Å². The molecule has 3 rings (SSSR count). The zero-order chi connectivity index (χ0) is 15.7. The molecule has 3 aliphatic rings. The van der Waals surface area contributed by atoms with E-state index < -0.39 is 5.97 Å². The molecule has 2 N–H and O–H groups in total. The van der Waals surface area contributed by atoms with Gasteiger partial charge in [0.2, 0.25) is 0 Å². The Bertz CT molecular complexity index is 461. The number of carboxylic acid groups (broad SMARTS) is 1. The van der Waals surface area contributed by atoms with Gasteiger partial charge in [-0.1, -0.05) is 6.92 Å². The van der Waals surface area contributed by atoms with Crippen molar-refractivity contribution in [2.24, 2.45) is 5.92 Å². The van der Waals surface area contributed by atoms with E-state index in [4.69, 9.17) is 10.4 Å². The largest absolute Gasteiger partial charge is 0.480 e. The monoisotopic (exact) mass is 306 g/mol. The van der Waals surface area contributed by atoms with Crippen molar-refractivity contribution in [2.45, 2.75) is 50.2 Å². The smallest absolute Gasteiger partial charge is 0.317 e. The molecular formula is C16H26N4O2. The Morgan fingerprint density at radius 3 is 2.55 bits per heavy atom. The van der Waals surface area contributed by atoms with E-state index in [1.165, 1.54) is 6.42 Å².